The standard InChI is InChI=1S/C21H19F2N3O5S/c1-13-19(20(25-31-13)14-2-4-15(22)5-3-14)21(27)24-16-6-7-17(23)18(12-16)32(28,29)26-8-10-30-11-9-26/h2-7,12H,8-11H2,1H3,(H,24,27). The zero-order valence-electron chi connectivity index (χ0n) is 17.0. The Morgan fingerprint density at radius 2 is 1.78 bits per heavy atom. The summed E-state index contributed by atoms with van der Waals surface area (Å²) in [6.45, 7) is 2.19. The number of hydrogen-bond acceptors (Lipinski definition) is 6. The van der Waals surface area contributed by atoms with E-state index in [4.69, 9.17) is 9.26 Å². The highest BCUT2D eigenvalue weighted by atomic mass is 32.2. The molecule has 11 heteroatoms. The molecule has 0 unspecified atom stereocenters. The van der Waals surface area contributed by atoms with Crippen LogP contribution in [0.2, 0.25) is 0 Å². The van der Waals surface area contributed by atoms with E-state index in [2.05, 4.69) is 10.5 Å². The Balaban J connectivity index is 1.63. The van der Waals surface area contributed by atoms with E-state index in [0.717, 1.165) is 16.4 Å². The minimum atomic E-state index is -4.11. The Bertz CT molecular complexity index is 1250. The van der Waals surface area contributed by atoms with Crippen molar-refractivity contribution in [3.05, 3.63) is 65.4 Å². The quantitative estimate of drug-likeness (QED) is 0.624. The molecule has 0 aliphatic carbocycles. The van der Waals surface area contributed by atoms with Gasteiger partial charge in [-0.25, -0.2) is 17.2 Å². The lowest BCUT2D eigenvalue weighted by atomic mass is 10.1. The molecule has 1 N–H and O–H groups in total. The predicted octanol–water partition coefficient (Wildman–Crippen LogP) is 3.20. The zero-order valence-corrected chi connectivity index (χ0v) is 17.8. The van der Waals surface area contributed by atoms with Crippen molar-refractivity contribution in [1.29, 1.82) is 0 Å². The number of carbonyl (C=O) groups is 1. The Morgan fingerprint density at radius 1 is 1.09 bits per heavy atom. The fraction of sp³-hybridized carbons (Fsp3) is 0.238. The van der Waals surface area contributed by atoms with Gasteiger partial charge in [-0.1, -0.05) is 5.16 Å². The van der Waals surface area contributed by atoms with E-state index >= 15 is 0 Å². The second-order valence-electron chi connectivity index (χ2n) is 7.09. The molecule has 8 nitrogen and oxygen atoms in total. The number of hydrogen-bond donors (Lipinski definition) is 1. The lowest BCUT2D eigenvalue weighted by Crippen LogP contribution is -2.40. The maximum absolute atomic E-state index is 14.4. The van der Waals surface area contributed by atoms with Gasteiger partial charge >= 0.3 is 0 Å². The van der Waals surface area contributed by atoms with Crippen LogP contribution in [0.15, 0.2) is 51.9 Å². The number of rotatable bonds is 5. The van der Waals surface area contributed by atoms with Crippen LogP contribution < -0.4 is 5.32 Å². The number of sulfonamides is 1. The van der Waals surface area contributed by atoms with Crippen LogP contribution in [-0.2, 0) is 14.8 Å². The van der Waals surface area contributed by atoms with Gasteiger partial charge in [-0.05, 0) is 49.4 Å². The van der Waals surface area contributed by atoms with Gasteiger partial charge in [-0.2, -0.15) is 4.31 Å². The van der Waals surface area contributed by atoms with Gasteiger partial charge in [-0.3, -0.25) is 4.79 Å². The van der Waals surface area contributed by atoms with Crippen LogP contribution in [0.3, 0.4) is 0 Å². The van der Waals surface area contributed by atoms with Crippen LogP contribution in [0.5, 0.6) is 0 Å². The Morgan fingerprint density at radius 3 is 2.47 bits per heavy atom. The molecule has 2 heterocycles. The molecule has 1 aromatic heterocycles. The lowest BCUT2D eigenvalue weighted by Gasteiger charge is -2.26. The second kappa shape index (κ2) is 8.77. The monoisotopic (exact) mass is 463 g/mol. The van der Waals surface area contributed by atoms with Crippen molar-refractivity contribution in [1.82, 2.24) is 9.46 Å². The molecule has 4 rings (SSSR count). The van der Waals surface area contributed by atoms with E-state index in [1.54, 1.807) is 0 Å². The maximum Gasteiger partial charge on any atom is 0.261 e. The molecule has 1 aliphatic rings. The summed E-state index contributed by atoms with van der Waals surface area (Å²) in [5.41, 5.74) is 0.832. The molecule has 1 saturated heterocycles. The van der Waals surface area contributed by atoms with Crippen LogP contribution >= 0.6 is 0 Å². The number of aryl methyl sites for hydroxylation is 1. The van der Waals surface area contributed by atoms with Gasteiger partial charge in [0.25, 0.3) is 5.91 Å². The molecule has 3 aromatic rings. The first-order valence-electron chi connectivity index (χ1n) is 9.68. The topological polar surface area (TPSA) is 102 Å². The van der Waals surface area contributed by atoms with Crippen molar-refractivity contribution in [2.45, 2.75) is 11.8 Å². The predicted molar refractivity (Wildman–Crippen MR) is 111 cm³/mol. The summed E-state index contributed by atoms with van der Waals surface area (Å²) >= 11 is 0. The van der Waals surface area contributed by atoms with E-state index in [1.807, 2.05) is 0 Å². The Kier molecular flexibility index (Phi) is 6.04. The van der Waals surface area contributed by atoms with E-state index in [-0.39, 0.29) is 49.0 Å². The third kappa shape index (κ3) is 4.27. The number of aromatic nitrogens is 1. The molecule has 1 amide bonds. The zero-order chi connectivity index (χ0) is 22.9. The summed E-state index contributed by atoms with van der Waals surface area (Å²) in [5.74, 6) is -1.79. The highest BCUT2D eigenvalue weighted by Gasteiger charge is 2.30. The number of morpholine rings is 1. The molecule has 0 spiro atoms. The molecule has 168 valence electrons. The van der Waals surface area contributed by atoms with Crippen molar-refractivity contribution in [2.75, 3.05) is 31.6 Å². The van der Waals surface area contributed by atoms with Crippen molar-refractivity contribution in [3.8, 4) is 11.3 Å². The number of carbonyl (C=O) groups excluding carboxylic acids is 1. The van der Waals surface area contributed by atoms with Crippen molar-refractivity contribution in [2.24, 2.45) is 0 Å². The molecular weight excluding hydrogens is 444 g/mol. The van der Waals surface area contributed by atoms with Crippen LogP contribution in [0.25, 0.3) is 11.3 Å². The van der Waals surface area contributed by atoms with Crippen LogP contribution in [0, 0.1) is 18.6 Å². The largest absolute Gasteiger partial charge is 0.379 e. The number of amides is 1. The first-order chi connectivity index (χ1) is 15.3. The third-order valence-electron chi connectivity index (χ3n) is 4.98. The third-order valence-corrected chi connectivity index (χ3v) is 6.90. The smallest absolute Gasteiger partial charge is 0.261 e. The number of halogens is 2. The average Bonchev–Trinajstić information content (AvgIpc) is 3.17. The summed E-state index contributed by atoms with van der Waals surface area (Å²) in [6, 6.07) is 8.66. The molecule has 0 saturated carbocycles. The van der Waals surface area contributed by atoms with Gasteiger partial charge in [0.1, 0.15) is 33.5 Å². The molecular formula is C21H19F2N3O5S. The molecule has 1 fully saturated rings. The van der Waals surface area contributed by atoms with E-state index in [9.17, 15) is 22.0 Å². The average molecular weight is 463 g/mol. The van der Waals surface area contributed by atoms with Gasteiger partial charge in [0, 0.05) is 24.3 Å². The molecule has 2 aromatic carbocycles. The van der Waals surface area contributed by atoms with Crippen LogP contribution in [0.1, 0.15) is 16.1 Å². The fourth-order valence-electron chi connectivity index (χ4n) is 3.34. The highest BCUT2D eigenvalue weighted by molar-refractivity contribution is 7.89. The molecule has 0 bridgehead atoms. The van der Waals surface area contributed by atoms with Crippen molar-refractivity contribution < 1.29 is 31.3 Å². The molecule has 0 atom stereocenters. The number of anilines is 1. The van der Waals surface area contributed by atoms with Gasteiger partial charge in [-0.15, -0.1) is 0 Å². The Labute approximate surface area is 182 Å². The van der Waals surface area contributed by atoms with E-state index < -0.39 is 32.5 Å². The first kappa shape index (κ1) is 22.1. The Hall–Kier alpha value is -3.15. The summed E-state index contributed by atoms with van der Waals surface area (Å²) in [5, 5.41) is 6.44. The lowest BCUT2D eigenvalue weighted by molar-refractivity contribution is 0.0729. The normalized spacial score (nSPS) is 15.0. The number of nitrogens with one attached hydrogen (secondary N) is 1. The minimum absolute atomic E-state index is 0.0777. The fourth-order valence-corrected chi connectivity index (χ4v) is 4.84. The number of ether oxygens (including phenoxy) is 1. The highest BCUT2D eigenvalue weighted by Crippen LogP contribution is 2.28. The summed E-state index contributed by atoms with van der Waals surface area (Å²) in [7, 11) is -4.11. The van der Waals surface area contributed by atoms with Gasteiger partial charge in [0.2, 0.25) is 10.0 Å². The van der Waals surface area contributed by atoms with Crippen LogP contribution in [0.4, 0.5) is 14.5 Å². The van der Waals surface area contributed by atoms with Crippen molar-refractivity contribution in [3.63, 3.8) is 0 Å². The molecule has 0 radical (unpaired) electrons. The van der Waals surface area contributed by atoms with Gasteiger partial charge in [0.05, 0.1) is 13.2 Å². The first-order valence-corrected chi connectivity index (χ1v) is 11.1. The second-order valence-corrected chi connectivity index (χ2v) is 8.99. The molecule has 1 aliphatic heterocycles. The maximum atomic E-state index is 14.4. The van der Waals surface area contributed by atoms with Crippen molar-refractivity contribution >= 4 is 21.6 Å². The summed E-state index contributed by atoms with van der Waals surface area (Å²) in [6.07, 6.45) is 0. The summed E-state index contributed by atoms with van der Waals surface area (Å²) < 4.78 is 64.8. The van der Waals surface area contributed by atoms with E-state index in [0.29, 0.717) is 5.56 Å². The van der Waals surface area contributed by atoms with E-state index in [1.165, 1.54) is 37.3 Å². The van der Waals surface area contributed by atoms with Crippen LogP contribution in [-0.4, -0.2) is 50.1 Å². The molecule has 32 heavy (non-hydrogen) atoms. The minimum Gasteiger partial charge on any atom is -0.379 e. The number of benzene rings is 2. The number of nitrogens with zero attached hydrogens (tertiary/aromatic N) is 2. The SMILES string of the molecule is Cc1onc(-c2ccc(F)cc2)c1C(=O)Nc1ccc(F)c(S(=O)(=O)N2CCOCC2)c1. The van der Waals surface area contributed by atoms with Gasteiger partial charge < -0.3 is 14.6 Å². The summed E-state index contributed by atoms with van der Waals surface area (Å²) in [4.78, 5) is 12.4. The van der Waals surface area contributed by atoms with Gasteiger partial charge in [0.15, 0.2) is 0 Å².